The first-order valence-electron chi connectivity index (χ1n) is 7.41. The van der Waals surface area contributed by atoms with Crippen LogP contribution in [0.25, 0.3) is 11.1 Å². The van der Waals surface area contributed by atoms with E-state index in [1.165, 1.54) is 18.7 Å². The Bertz CT molecular complexity index is 678. The number of hydrogen-bond donors (Lipinski definition) is 1. The first kappa shape index (κ1) is 18.8. The van der Waals surface area contributed by atoms with Crippen molar-refractivity contribution < 1.29 is 9.21 Å². The molecule has 0 saturated carbocycles. The van der Waals surface area contributed by atoms with Crippen molar-refractivity contribution in [2.45, 2.75) is 26.0 Å². The lowest BCUT2D eigenvalue weighted by molar-refractivity contribution is -0.114. The first-order chi connectivity index (χ1) is 11.2. The third-order valence-electron chi connectivity index (χ3n) is 2.54. The van der Waals surface area contributed by atoms with Gasteiger partial charge < -0.3 is 9.73 Å². The van der Waals surface area contributed by atoms with E-state index in [9.17, 15) is 4.79 Å². The first-order valence-corrected chi connectivity index (χ1v) is 8.63. The van der Waals surface area contributed by atoms with Gasteiger partial charge in [0.1, 0.15) is 5.52 Å². The van der Waals surface area contributed by atoms with Crippen LogP contribution >= 0.6 is 11.8 Å². The van der Waals surface area contributed by atoms with Gasteiger partial charge in [-0.1, -0.05) is 55.9 Å². The smallest absolute Gasteiger partial charge is 0.256 e. The summed E-state index contributed by atoms with van der Waals surface area (Å²) < 4.78 is 5.37. The van der Waals surface area contributed by atoms with Crippen molar-refractivity contribution in [3.63, 3.8) is 0 Å². The highest BCUT2D eigenvalue weighted by atomic mass is 32.2. The van der Waals surface area contributed by atoms with Gasteiger partial charge in [0, 0.05) is 12.6 Å². The fourth-order valence-corrected chi connectivity index (χ4v) is 2.03. The van der Waals surface area contributed by atoms with Crippen molar-refractivity contribution in [1.29, 1.82) is 0 Å². The van der Waals surface area contributed by atoms with Gasteiger partial charge in [-0.15, -0.1) is 0 Å². The number of rotatable bonds is 2. The van der Waals surface area contributed by atoms with Crippen LogP contribution in [0.3, 0.4) is 0 Å². The molecule has 1 N–H and O–H groups in total. The summed E-state index contributed by atoms with van der Waals surface area (Å²) in [5, 5.41) is 3.39. The Labute approximate surface area is 141 Å². The molecular formula is C18H22N2O2S. The van der Waals surface area contributed by atoms with Gasteiger partial charge in [-0.05, 0) is 30.5 Å². The standard InChI is InChI=1S/C8H7NOS.C8H9NO.C2H6/c1-11-8-9-6-4-2-3-5-7(6)10-8;1-7(10)9-8-5-3-2-4-6-8;1-2/h2-5H,1H3;2-6H,1H3,(H,9,10);1-2H3. The molecule has 122 valence electrons. The molecule has 3 aromatic rings. The van der Waals surface area contributed by atoms with Gasteiger partial charge in [-0.25, -0.2) is 4.98 Å². The highest BCUT2D eigenvalue weighted by Gasteiger charge is 2.01. The molecule has 0 bridgehead atoms. The molecule has 3 rings (SSSR count). The highest BCUT2D eigenvalue weighted by Crippen LogP contribution is 2.20. The number of thioether (sulfide) groups is 1. The van der Waals surface area contributed by atoms with Crippen LogP contribution < -0.4 is 5.32 Å². The van der Waals surface area contributed by atoms with Gasteiger partial charge in [-0.2, -0.15) is 0 Å². The molecule has 1 heterocycles. The van der Waals surface area contributed by atoms with E-state index in [0.717, 1.165) is 22.0 Å². The molecule has 0 aliphatic heterocycles. The van der Waals surface area contributed by atoms with E-state index in [0.29, 0.717) is 0 Å². The van der Waals surface area contributed by atoms with Crippen molar-refractivity contribution in [2.75, 3.05) is 11.6 Å². The van der Waals surface area contributed by atoms with Gasteiger partial charge in [0.05, 0.1) is 0 Å². The molecule has 0 aliphatic rings. The largest absolute Gasteiger partial charge is 0.431 e. The second kappa shape index (κ2) is 10.5. The second-order valence-electron chi connectivity index (χ2n) is 4.20. The summed E-state index contributed by atoms with van der Waals surface area (Å²) in [7, 11) is 0. The van der Waals surface area contributed by atoms with E-state index < -0.39 is 0 Å². The summed E-state index contributed by atoms with van der Waals surface area (Å²) in [4.78, 5) is 14.7. The van der Waals surface area contributed by atoms with Crippen LogP contribution in [0, 0.1) is 0 Å². The number of benzene rings is 2. The van der Waals surface area contributed by atoms with Crippen LogP contribution in [0.4, 0.5) is 5.69 Å². The molecule has 0 radical (unpaired) electrons. The normalized spacial score (nSPS) is 9.22. The molecule has 4 nitrogen and oxygen atoms in total. The summed E-state index contributed by atoms with van der Waals surface area (Å²) in [6, 6.07) is 17.1. The fraction of sp³-hybridized carbons (Fsp3) is 0.222. The Morgan fingerprint density at radius 3 is 2.22 bits per heavy atom. The number of fused-ring (bicyclic) bond motifs is 1. The van der Waals surface area contributed by atoms with Gasteiger partial charge >= 0.3 is 0 Å². The minimum atomic E-state index is -0.0359. The van der Waals surface area contributed by atoms with E-state index in [1.807, 2.05) is 74.7 Å². The van der Waals surface area contributed by atoms with Crippen LogP contribution in [0.15, 0.2) is 64.2 Å². The monoisotopic (exact) mass is 330 g/mol. The lowest BCUT2D eigenvalue weighted by Crippen LogP contribution is -2.04. The average Bonchev–Trinajstić information content (AvgIpc) is 3.01. The van der Waals surface area contributed by atoms with Crippen LogP contribution in [0.5, 0.6) is 0 Å². The van der Waals surface area contributed by atoms with E-state index in [-0.39, 0.29) is 5.91 Å². The van der Waals surface area contributed by atoms with Gasteiger partial charge in [0.15, 0.2) is 5.58 Å². The van der Waals surface area contributed by atoms with Gasteiger partial charge in [0.25, 0.3) is 5.22 Å². The summed E-state index contributed by atoms with van der Waals surface area (Å²) in [6.45, 7) is 5.49. The van der Waals surface area contributed by atoms with E-state index >= 15 is 0 Å². The number of nitrogens with zero attached hydrogens (tertiary/aromatic N) is 1. The lowest BCUT2D eigenvalue weighted by Gasteiger charge is -1.98. The fourth-order valence-electron chi connectivity index (χ4n) is 1.66. The second-order valence-corrected chi connectivity index (χ2v) is 4.96. The topological polar surface area (TPSA) is 55.1 Å². The van der Waals surface area contributed by atoms with Crippen LogP contribution in [0.2, 0.25) is 0 Å². The zero-order valence-corrected chi connectivity index (χ0v) is 14.7. The van der Waals surface area contributed by atoms with Crippen molar-refractivity contribution in [1.82, 2.24) is 4.98 Å². The average molecular weight is 330 g/mol. The van der Waals surface area contributed by atoms with Crippen molar-refractivity contribution in [2.24, 2.45) is 0 Å². The van der Waals surface area contributed by atoms with Crippen molar-refractivity contribution >= 4 is 34.5 Å². The minimum absolute atomic E-state index is 0.0359. The van der Waals surface area contributed by atoms with Gasteiger partial charge in [-0.3, -0.25) is 4.79 Å². The van der Waals surface area contributed by atoms with Crippen molar-refractivity contribution in [3.05, 3.63) is 54.6 Å². The molecule has 2 aromatic carbocycles. The third kappa shape index (κ3) is 6.57. The maximum atomic E-state index is 10.5. The Kier molecular flexibility index (Phi) is 8.54. The molecule has 1 amide bonds. The molecule has 5 heteroatoms. The maximum Gasteiger partial charge on any atom is 0.256 e. The number of carbonyl (C=O) groups excluding carboxylic acids is 1. The van der Waals surface area contributed by atoms with Crippen molar-refractivity contribution in [3.8, 4) is 0 Å². The highest BCUT2D eigenvalue weighted by molar-refractivity contribution is 7.98. The number of aromatic nitrogens is 1. The SMILES string of the molecule is CC.CC(=O)Nc1ccccc1.CSc1nc2ccccc2o1. The predicted molar refractivity (Wildman–Crippen MR) is 97.9 cm³/mol. The number of anilines is 1. The number of nitrogens with one attached hydrogen (secondary N) is 1. The molecule has 0 aliphatic carbocycles. The molecular weight excluding hydrogens is 308 g/mol. The van der Waals surface area contributed by atoms with Crippen LogP contribution in [0.1, 0.15) is 20.8 Å². The Morgan fingerprint density at radius 2 is 1.65 bits per heavy atom. The minimum Gasteiger partial charge on any atom is -0.431 e. The Morgan fingerprint density at radius 1 is 1.04 bits per heavy atom. The van der Waals surface area contributed by atoms with Crippen LogP contribution in [-0.4, -0.2) is 17.1 Å². The lowest BCUT2D eigenvalue weighted by atomic mass is 10.3. The van der Waals surface area contributed by atoms with E-state index in [4.69, 9.17) is 4.42 Å². The molecule has 1 aromatic heterocycles. The Hall–Kier alpha value is -2.27. The molecule has 0 saturated heterocycles. The predicted octanol–water partition coefficient (Wildman–Crippen LogP) is 5.22. The van der Waals surface area contributed by atoms with Gasteiger partial charge in [0.2, 0.25) is 5.91 Å². The van der Waals surface area contributed by atoms with Crippen LogP contribution in [-0.2, 0) is 4.79 Å². The van der Waals surface area contributed by atoms with E-state index in [1.54, 1.807) is 0 Å². The molecule has 0 fully saturated rings. The molecule has 0 spiro atoms. The number of amides is 1. The zero-order chi connectivity index (χ0) is 17.1. The summed E-state index contributed by atoms with van der Waals surface area (Å²) in [5.41, 5.74) is 2.63. The number of para-hydroxylation sites is 3. The van der Waals surface area contributed by atoms with E-state index in [2.05, 4.69) is 10.3 Å². The summed E-state index contributed by atoms with van der Waals surface area (Å²) >= 11 is 1.52. The third-order valence-corrected chi connectivity index (χ3v) is 3.07. The quantitative estimate of drug-likeness (QED) is 0.654. The molecule has 0 unspecified atom stereocenters. The summed E-state index contributed by atoms with van der Waals surface area (Å²) in [6.07, 6.45) is 1.95. The molecule has 23 heavy (non-hydrogen) atoms. The summed E-state index contributed by atoms with van der Waals surface area (Å²) in [5.74, 6) is -0.0359. The maximum absolute atomic E-state index is 10.5. The number of carbonyl (C=O) groups is 1. The molecule has 0 atom stereocenters. The Balaban J connectivity index is 0.000000209. The number of hydrogen-bond acceptors (Lipinski definition) is 4. The zero-order valence-electron chi connectivity index (χ0n) is 13.9. The number of oxazole rings is 1.